The number of amides is 3. The van der Waals surface area contributed by atoms with Crippen LogP contribution in [-0.2, 0) is 16.6 Å². The summed E-state index contributed by atoms with van der Waals surface area (Å²) in [5, 5.41) is 3.17. The van der Waals surface area contributed by atoms with Crippen LogP contribution in [0.25, 0.3) is 10.9 Å². The normalized spacial score (nSPS) is 17.5. The lowest BCUT2D eigenvalue weighted by Gasteiger charge is -2.40. The molecule has 1 atom stereocenters. The lowest BCUT2D eigenvalue weighted by atomic mass is 10.1. The third-order valence-electron chi connectivity index (χ3n) is 4.86. The summed E-state index contributed by atoms with van der Waals surface area (Å²) in [6.07, 6.45) is 0. The maximum Gasteiger partial charge on any atom is 0.271 e. The number of aromatic nitrogens is 1. The second kappa shape index (κ2) is 6.78. The number of nitrogens with zero attached hydrogens (tertiary/aromatic N) is 3. The van der Waals surface area contributed by atoms with Gasteiger partial charge in [-0.25, -0.2) is 4.39 Å². The SMILES string of the molecule is CNC(=O)C1CN(C(C)=O)CCN1C(=O)c1cc2cc(F)ccc2n1C. The van der Waals surface area contributed by atoms with Gasteiger partial charge in [-0.15, -0.1) is 0 Å². The van der Waals surface area contributed by atoms with Crippen molar-refractivity contribution in [1.29, 1.82) is 0 Å². The Kier molecular flexibility index (Phi) is 4.67. The fourth-order valence-electron chi connectivity index (χ4n) is 3.38. The molecule has 2 aromatic rings. The lowest BCUT2D eigenvalue weighted by Crippen LogP contribution is -2.61. The van der Waals surface area contributed by atoms with Crippen LogP contribution in [0.4, 0.5) is 4.39 Å². The number of carbonyl (C=O) groups is 3. The molecule has 1 aliphatic heterocycles. The van der Waals surface area contributed by atoms with Gasteiger partial charge < -0.3 is 19.7 Å². The highest BCUT2D eigenvalue weighted by Crippen LogP contribution is 2.23. The minimum Gasteiger partial charge on any atom is -0.357 e. The van der Waals surface area contributed by atoms with Crippen molar-refractivity contribution in [2.75, 3.05) is 26.7 Å². The minimum atomic E-state index is -0.764. The molecule has 0 bridgehead atoms. The van der Waals surface area contributed by atoms with Crippen LogP contribution in [0.1, 0.15) is 17.4 Å². The van der Waals surface area contributed by atoms with E-state index in [1.165, 1.54) is 31.0 Å². The first-order valence-corrected chi connectivity index (χ1v) is 8.36. The van der Waals surface area contributed by atoms with Crippen LogP contribution in [-0.4, -0.2) is 64.8 Å². The Morgan fingerprint density at radius 3 is 2.58 bits per heavy atom. The summed E-state index contributed by atoms with van der Waals surface area (Å²) >= 11 is 0. The van der Waals surface area contributed by atoms with Gasteiger partial charge in [0.1, 0.15) is 17.6 Å². The molecule has 3 amide bonds. The van der Waals surface area contributed by atoms with Gasteiger partial charge >= 0.3 is 0 Å². The molecule has 1 saturated heterocycles. The molecule has 1 fully saturated rings. The first kappa shape index (κ1) is 17.9. The monoisotopic (exact) mass is 360 g/mol. The number of aryl methyl sites for hydroxylation is 1. The number of nitrogens with one attached hydrogen (secondary N) is 1. The van der Waals surface area contributed by atoms with Crippen LogP contribution in [0.5, 0.6) is 0 Å². The number of fused-ring (bicyclic) bond motifs is 1. The van der Waals surface area contributed by atoms with Gasteiger partial charge in [0, 0.05) is 45.0 Å². The maximum absolute atomic E-state index is 13.5. The summed E-state index contributed by atoms with van der Waals surface area (Å²) < 4.78 is 15.2. The van der Waals surface area contributed by atoms with E-state index in [4.69, 9.17) is 0 Å². The van der Waals surface area contributed by atoms with E-state index in [1.807, 2.05) is 0 Å². The van der Waals surface area contributed by atoms with Crippen LogP contribution in [0.3, 0.4) is 0 Å². The molecule has 1 aromatic carbocycles. The van der Waals surface area contributed by atoms with Crippen LogP contribution in [0.15, 0.2) is 24.3 Å². The van der Waals surface area contributed by atoms with Gasteiger partial charge in [-0.3, -0.25) is 14.4 Å². The Morgan fingerprint density at radius 1 is 1.19 bits per heavy atom. The molecule has 1 unspecified atom stereocenters. The molecule has 3 rings (SSSR count). The second-order valence-corrected chi connectivity index (χ2v) is 6.39. The summed E-state index contributed by atoms with van der Waals surface area (Å²) in [5.74, 6) is -1.15. The van der Waals surface area contributed by atoms with Gasteiger partial charge in [0.2, 0.25) is 11.8 Å². The van der Waals surface area contributed by atoms with Crippen LogP contribution in [0.2, 0.25) is 0 Å². The van der Waals surface area contributed by atoms with Gasteiger partial charge in [-0.2, -0.15) is 0 Å². The Labute approximate surface area is 150 Å². The predicted octanol–water partition coefficient (Wildman–Crippen LogP) is 0.736. The zero-order chi connectivity index (χ0) is 19.0. The molecule has 1 aliphatic rings. The summed E-state index contributed by atoms with van der Waals surface area (Å²) in [5.41, 5.74) is 1.10. The molecule has 2 heterocycles. The number of rotatable bonds is 2. The highest BCUT2D eigenvalue weighted by Gasteiger charge is 2.37. The molecule has 1 N–H and O–H groups in total. The van der Waals surface area contributed by atoms with Crippen molar-refractivity contribution in [1.82, 2.24) is 19.7 Å². The molecular formula is C18H21FN4O3. The molecule has 1 aromatic heterocycles. The van der Waals surface area contributed by atoms with Gasteiger partial charge in [0.15, 0.2) is 0 Å². The van der Waals surface area contributed by atoms with E-state index in [0.717, 1.165) is 5.52 Å². The number of piperazine rings is 1. The Hall–Kier alpha value is -2.90. The molecule has 0 saturated carbocycles. The highest BCUT2D eigenvalue weighted by molar-refractivity contribution is 6.01. The van der Waals surface area contributed by atoms with Crippen molar-refractivity contribution < 1.29 is 18.8 Å². The van der Waals surface area contributed by atoms with Crippen molar-refractivity contribution in [2.45, 2.75) is 13.0 Å². The number of halogens is 1. The van der Waals surface area contributed by atoms with Crippen LogP contribution < -0.4 is 5.32 Å². The first-order valence-electron chi connectivity index (χ1n) is 8.36. The molecule has 138 valence electrons. The second-order valence-electron chi connectivity index (χ2n) is 6.39. The molecule has 7 nitrogen and oxygen atoms in total. The van der Waals surface area contributed by atoms with Crippen molar-refractivity contribution in [2.24, 2.45) is 7.05 Å². The number of likely N-dealkylation sites (N-methyl/N-ethyl adjacent to an activating group) is 1. The Bertz CT molecular complexity index is 892. The van der Waals surface area contributed by atoms with Gasteiger partial charge in [0.05, 0.1) is 6.54 Å². The van der Waals surface area contributed by atoms with Crippen LogP contribution >= 0.6 is 0 Å². The number of carbonyl (C=O) groups excluding carboxylic acids is 3. The summed E-state index contributed by atoms with van der Waals surface area (Å²) in [6.45, 7) is 2.22. The van der Waals surface area contributed by atoms with Crippen molar-refractivity contribution >= 4 is 28.6 Å². The molecule has 0 aliphatic carbocycles. The number of benzene rings is 1. The van der Waals surface area contributed by atoms with E-state index >= 15 is 0 Å². The lowest BCUT2D eigenvalue weighted by molar-refractivity contribution is -0.135. The van der Waals surface area contributed by atoms with Gasteiger partial charge in [0.25, 0.3) is 5.91 Å². The van der Waals surface area contributed by atoms with Gasteiger partial charge in [-0.05, 0) is 24.3 Å². The van der Waals surface area contributed by atoms with Crippen LogP contribution in [0, 0.1) is 5.82 Å². The quantitative estimate of drug-likeness (QED) is 0.858. The summed E-state index contributed by atoms with van der Waals surface area (Å²) in [4.78, 5) is 40.1. The zero-order valence-electron chi connectivity index (χ0n) is 15.0. The fourth-order valence-corrected chi connectivity index (χ4v) is 3.38. The van der Waals surface area contributed by atoms with E-state index in [9.17, 15) is 18.8 Å². The average Bonchev–Trinajstić information content (AvgIpc) is 2.95. The topological polar surface area (TPSA) is 74.7 Å². The predicted molar refractivity (Wildman–Crippen MR) is 94.0 cm³/mol. The average molecular weight is 360 g/mol. The number of hydrogen-bond donors (Lipinski definition) is 1. The molecular weight excluding hydrogens is 339 g/mol. The smallest absolute Gasteiger partial charge is 0.271 e. The molecule has 26 heavy (non-hydrogen) atoms. The van der Waals surface area contributed by atoms with E-state index in [0.29, 0.717) is 17.6 Å². The zero-order valence-corrected chi connectivity index (χ0v) is 15.0. The van der Waals surface area contributed by atoms with E-state index in [1.54, 1.807) is 28.6 Å². The largest absolute Gasteiger partial charge is 0.357 e. The van der Waals surface area contributed by atoms with Crippen molar-refractivity contribution in [3.05, 3.63) is 35.8 Å². The van der Waals surface area contributed by atoms with E-state index in [2.05, 4.69) is 5.32 Å². The first-order chi connectivity index (χ1) is 12.3. The third-order valence-corrected chi connectivity index (χ3v) is 4.86. The molecule has 0 radical (unpaired) electrons. The highest BCUT2D eigenvalue weighted by atomic mass is 19.1. The van der Waals surface area contributed by atoms with Crippen molar-refractivity contribution in [3.8, 4) is 0 Å². The Balaban J connectivity index is 1.96. The summed E-state index contributed by atoms with van der Waals surface area (Å²) in [7, 11) is 3.23. The van der Waals surface area contributed by atoms with Crippen molar-refractivity contribution in [3.63, 3.8) is 0 Å². The van der Waals surface area contributed by atoms with E-state index < -0.39 is 6.04 Å². The maximum atomic E-state index is 13.5. The minimum absolute atomic E-state index is 0.133. The standard InChI is InChI=1S/C18H21FN4O3/c1-11(24)22-6-7-23(16(10-22)17(25)20-2)18(26)15-9-12-8-13(19)4-5-14(12)21(15)3/h4-5,8-9,16H,6-7,10H2,1-3H3,(H,20,25). The Morgan fingerprint density at radius 2 is 1.92 bits per heavy atom. The summed E-state index contributed by atoms with van der Waals surface area (Å²) in [6, 6.07) is 5.19. The van der Waals surface area contributed by atoms with E-state index in [-0.39, 0.29) is 36.6 Å². The number of hydrogen-bond acceptors (Lipinski definition) is 3. The molecule has 8 heteroatoms. The van der Waals surface area contributed by atoms with Gasteiger partial charge in [-0.1, -0.05) is 0 Å². The fraction of sp³-hybridized carbons (Fsp3) is 0.389. The third kappa shape index (κ3) is 3.02. The molecule has 0 spiro atoms.